The topological polar surface area (TPSA) is 99.3 Å². The van der Waals surface area contributed by atoms with Crippen molar-refractivity contribution in [3.05, 3.63) is 35.4 Å². The lowest BCUT2D eigenvalue weighted by atomic mass is 10.0. The molecule has 2 atom stereocenters. The molecule has 4 aliphatic rings. The summed E-state index contributed by atoms with van der Waals surface area (Å²) in [6.45, 7) is 1.90. The lowest BCUT2D eigenvalue weighted by Gasteiger charge is -2.33. The lowest BCUT2D eigenvalue weighted by molar-refractivity contribution is -0.140. The smallest absolute Gasteiger partial charge is 0.325 e. The van der Waals surface area contributed by atoms with Crippen LogP contribution in [0.15, 0.2) is 24.3 Å². The SMILES string of the molecule is O=C(C1Cc2ccccc2C1)N1C[C@@H]2COC[C@H](C1)N(C(=O)CN1C(=O)CNC1=O)C2. The molecule has 0 saturated carbocycles. The van der Waals surface area contributed by atoms with E-state index in [1.165, 1.54) is 11.1 Å². The number of hydrogen-bond donors (Lipinski definition) is 1. The maximum atomic E-state index is 13.4. The Balaban J connectivity index is 1.29. The second kappa shape index (κ2) is 7.96. The summed E-state index contributed by atoms with van der Waals surface area (Å²) < 4.78 is 5.77. The third-order valence-corrected chi connectivity index (χ3v) is 6.73. The summed E-state index contributed by atoms with van der Waals surface area (Å²) in [5, 5.41) is 2.44. The zero-order chi connectivity index (χ0) is 21.5. The summed E-state index contributed by atoms with van der Waals surface area (Å²) in [5.74, 6) is -0.602. The van der Waals surface area contributed by atoms with Crippen LogP contribution >= 0.6 is 0 Å². The largest absolute Gasteiger partial charge is 0.379 e. The van der Waals surface area contributed by atoms with Gasteiger partial charge in [0, 0.05) is 31.5 Å². The maximum Gasteiger partial charge on any atom is 0.325 e. The molecule has 0 aromatic heterocycles. The first kappa shape index (κ1) is 20.0. The Kier molecular flexibility index (Phi) is 5.13. The fourth-order valence-electron chi connectivity index (χ4n) is 5.16. The van der Waals surface area contributed by atoms with Gasteiger partial charge in [-0.15, -0.1) is 0 Å². The van der Waals surface area contributed by atoms with Gasteiger partial charge in [-0.05, 0) is 24.0 Å². The molecule has 1 aromatic carbocycles. The van der Waals surface area contributed by atoms with E-state index in [0.29, 0.717) is 32.8 Å². The van der Waals surface area contributed by atoms with Crippen LogP contribution in [0.2, 0.25) is 0 Å². The zero-order valence-corrected chi connectivity index (χ0v) is 17.3. The van der Waals surface area contributed by atoms with Gasteiger partial charge in [0.1, 0.15) is 6.54 Å². The van der Waals surface area contributed by atoms with Crippen molar-refractivity contribution in [3.8, 4) is 0 Å². The number of hydrogen-bond acceptors (Lipinski definition) is 5. The number of fused-ring (bicyclic) bond motifs is 4. The molecular weight excluding hydrogens is 400 g/mol. The van der Waals surface area contributed by atoms with Gasteiger partial charge in [0.15, 0.2) is 0 Å². The summed E-state index contributed by atoms with van der Waals surface area (Å²) in [7, 11) is 0. The highest BCUT2D eigenvalue weighted by atomic mass is 16.5. The molecule has 9 heteroatoms. The summed E-state index contributed by atoms with van der Waals surface area (Å²) >= 11 is 0. The number of nitrogens with one attached hydrogen (secondary N) is 1. The molecule has 3 fully saturated rings. The van der Waals surface area contributed by atoms with Gasteiger partial charge in [-0.25, -0.2) is 4.79 Å². The molecule has 31 heavy (non-hydrogen) atoms. The molecule has 9 nitrogen and oxygen atoms in total. The van der Waals surface area contributed by atoms with Crippen molar-refractivity contribution in [2.45, 2.75) is 18.9 Å². The average Bonchev–Trinajstić information content (AvgIpc) is 3.17. The van der Waals surface area contributed by atoms with Gasteiger partial charge in [0.05, 0.1) is 25.8 Å². The van der Waals surface area contributed by atoms with E-state index in [1.54, 1.807) is 4.90 Å². The van der Waals surface area contributed by atoms with Crippen molar-refractivity contribution < 1.29 is 23.9 Å². The van der Waals surface area contributed by atoms with E-state index in [2.05, 4.69) is 17.4 Å². The molecular formula is C22H26N4O5. The number of ether oxygens (including phenoxy) is 1. The van der Waals surface area contributed by atoms with Crippen LogP contribution in [0.25, 0.3) is 0 Å². The number of imide groups is 1. The average molecular weight is 426 g/mol. The Labute approximate surface area is 180 Å². The highest BCUT2D eigenvalue weighted by Crippen LogP contribution is 2.29. The Morgan fingerprint density at radius 1 is 1.03 bits per heavy atom. The molecule has 1 aliphatic carbocycles. The third kappa shape index (κ3) is 3.78. The first-order valence-electron chi connectivity index (χ1n) is 10.8. The molecule has 3 saturated heterocycles. The molecule has 0 unspecified atom stereocenters. The lowest BCUT2D eigenvalue weighted by Crippen LogP contribution is -2.51. The van der Waals surface area contributed by atoms with Gasteiger partial charge < -0.3 is 19.9 Å². The van der Waals surface area contributed by atoms with Crippen molar-refractivity contribution in [2.75, 3.05) is 45.9 Å². The second-order valence-corrected chi connectivity index (χ2v) is 8.86. The van der Waals surface area contributed by atoms with Crippen LogP contribution in [0, 0.1) is 11.8 Å². The monoisotopic (exact) mass is 426 g/mol. The predicted molar refractivity (Wildman–Crippen MR) is 109 cm³/mol. The molecule has 1 N–H and O–H groups in total. The highest BCUT2D eigenvalue weighted by Gasteiger charge is 2.41. The first-order valence-corrected chi connectivity index (χ1v) is 10.8. The Morgan fingerprint density at radius 2 is 1.77 bits per heavy atom. The van der Waals surface area contributed by atoms with Crippen LogP contribution in [-0.4, -0.2) is 90.4 Å². The number of rotatable bonds is 3. The molecule has 3 heterocycles. The van der Waals surface area contributed by atoms with Crippen molar-refractivity contribution >= 4 is 23.8 Å². The molecule has 3 aliphatic heterocycles. The third-order valence-electron chi connectivity index (χ3n) is 6.73. The van der Waals surface area contributed by atoms with E-state index < -0.39 is 11.9 Å². The van der Waals surface area contributed by atoms with Crippen LogP contribution in [0.5, 0.6) is 0 Å². The van der Waals surface area contributed by atoms with E-state index in [4.69, 9.17) is 4.74 Å². The van der Waals surface area contributed by atoms with Crippen LogP contribution in [0.4, 0.5) is 4.79 Å². The Morgan fingerprint density at radius 3 is 2.45 bits per heavy atom. The van der Waals surface area contributed by atoms with Crippen molar-refractivity contribution in [1.82, 2.24) is 20.0 Å². The van der Waals surface area contributed by atoms with Gasteiger partial charge >= 0.3 is 6.03 Å². The van der Waals surface area contributed by atoms with Crippen LogP contribution < -0.4 is 5.32 Å². The zero-order valence-electron chi connectivity index (χ0n) is 17.3. The quantitative estimate of drug-likeness (QED) is 0.666. The molecule has 0 spiro atoms. The fraction of sp³-hybridized carbons (Fsp3) is 0.545. The number of amides is 5. The van der Waals surface area contributed by atoms with Gasteiger partial charge in [0.2, 0.25) is 11.8 Å². The molecule has 5 rings (SSSR count). The van der Waals surface area contributed by atoms with E-state index in [-0.39, 0.29) is 42.8 Å². The van der Waals surface area contributed by atoms with Crippen molar-refractivity contribution in [2.24, 2.45) is 11.8 Å². The van der Waals surface area contributed by atoms with Crippen LogP contribution in [0.3, 0.4) is 0 Å². The first-order chi connectivity index (χ1) is 15.0. The van der Waals surface area contributed by atoms with Gasteiger partial charge in [-0.3, -0.25) is 19.3 Å². The number of urea groups is 1. The minimum Gasteiger partial charge on any atom is -0.379 e. The normalized spacial score (nSPS) is 26.0. The molecule has 0 radical (unpaired) electrons. The van der Waals surface area contributed by atoms with E-state index in [0.717, 1.165) is 17.7 Å². The van der Waals surface area contributed by atoms with Crippen molar-refractivity contribution in [1.29, 1.82) is 0 Å². The summed E-state index contributed by atoms with van der Waals surface area (Å²) in [6.07, 6.45) is 1.51. The molecule has 1 aromatic rings. The van der Waals surface area contributed by atoms with Gasteiger partial charge in [0.25, 0.3) is 5.91 Å². The van der Waals surface area contributed by atoms with Gasteiger partial charge in [-0.2, -0.15) is 0 Å². The minimum atomic E-state index is -0.537. The number of benzene rings is 1. The molecule has 164 valence electrons. The maximum absolute atomic E-state index is 13.4. The fourth-order valence-corrected chi connectivity index (χ4v) is 5.16. The van der Waals surface area contributed by atoms with E-state index in [9.17, 15) is 19.2 Å². The number of carbonyl (C=O) groups is 4. The minimum absolute atomic E-state index is 0.00674. The van der Waals surface area contributed by atoms with Crippen molar-refractivity contribution in [3.63, 3.8) is 0 Å². The number of nitrogens with zero attached hydrogens (tertiary/aromatic N) is 3. The standard InChI is InChI=1S/C22H26N4O5/c27-19-7-23-22(30)26(19)11-20(28)25-9-14-8-24(10-18(25)13-31-12-14)21(29)17-5-15-3-1-2-4-16(15)6-17/h1-4,14,17-18H,5-13H2,(H,23,30)/t14-,18-/m0/s1. The second-order valence-electron chi connectivity index (χ2n) is 8.86. The van der Waals surface area contributed by atoms with Crippen LogP contribution in [0.1, 0.15) is 11.1 Å². The summed E-state index contributed by atoms with van der Waals surface area (Å²) in [6, 6.07) is 7.37. The number of carbonyl (C=O) groups excluding carboxylic acids is 4. The van der Waals surface area contributed by atoms with E-state index in [1.807, 2.05) is 17.0 Å². The Hall–Kier alpha value is -2.94. The van der Waals surface area contributed by atoms with E-state index >= 15 is 0 Å². The van der Waals surface area contributed by atoms with Gasteiger partial charge in [-0.1, -0.05) is 24.3 Å². The van der Waals surface area contributed by atoms with Crippen LogP contribution in [-0.2, 0) is 32.0 Å². The summed E-state index contributed by atoms with van der Waals surface area (Å²) in [5.41, 5.74) is 2.48. The Bertz CT molecular complexity index is 893. The molecule has 2 bridgehead atoms. The predicted octanol–water partition coefficient (Wildman–Crippen LogP) is -0.361. The highest BCUT2D eigenvalue weighted by molar-refractivity contribution is 6.04. The molecule has 5 amide bonds. The summed E-state index contributed by atoms with van der Waals surface area (Å²) in [4.78, 5) is 54.6.